The van der Waals surface area contributed by atoms with E-state index in [1.807, 2.05) is 60.7 Å². The van der Waals surface area contributed by atoms with Gasteiger partial charge in [0.1, 0.15) is 12.2 Å². The van der Waals surface area contributed by atoms with Crippen molar-refractivity contribution in [1.82, 2.24) is 15.2 Å². The number of thiazole rings is 1. The molecule has 1 aliphatic rings. The van der Waals surface area contributed by atoms with Crippen LogP contribution in [0.2, 0.25) is 0 Å². The molecule has 1 saturated heterocycles. The number of esters is 1. The van der Waals surface area contributed by atoms with Crippen LogP contribution in [0.1, 0.15) is 49.7 Å². The molecule has 210 valence electrons. The zero-order chi connectivity index (χ0) is 28.9. The minimum absolute atomic E-state index is 0.0114. The van der Waals surface area contributed by atoms with Gasteiger partial charge in [-0.3, -0.25) is 10.1 Å². The number of carbonyl (C=O) groups is 4. The van der Waals surface area contributed by atoms with Gasteiger partial charge >= 0.3 is 18.1 Å². The maximum Gasteiger partial charge on any atom is 0.413 e. The number of nitrogens with one attached hydrogen (secondary N) is 2. The maximum atomic E-state index is 13.2. The average molecular weight is 565 g/mol. The molecule has 0 bridgehead atoms. The van der Waals surface area contributed by atoms with Crippen LogP contribution in [0, 0.1) is 5.92 Å². The van der Waals surface area contributed by atoms with E-state index in [-0.39, 0.29) is 19.1 Å². The summed E-state index contributed by atoms with van der Waals surface area (Å²) in [5.74, 6) is -1.99. The molecule has 2 aromatic carbocycles. The van der Waals surface area contributed by atoms with Crippen LogP contribution in [0.3, 0.4) is 0 Å². The second-order valence-electron chi connectivity index (χ2n) is 10.4. The first kappa shape index (κ1) is 28.8. The largest absolute Gasteiger partial charge is 0.459 e. The number of amides is 4. The fourth-order valence-corrected chi connectivity index (χ4v) is 5.06. The Morgan fingerprint density at radius 1 is 1.05 bits per heavy atom. The number of aromatic nitrogens is 1. The summed E-state index contributed by atoms with van der Waals surface area (Å²) in [7, 11) is 0. The smallest absolute Gasteiger partial charge is 0.413 e. The number of hydrogen-bond acceptors (Lipinski definition) is 8. The quantitative estimate of drug-likeness (QED) is 0.289. The first-order valence-electron chi connectivity index (χ1n) is 12.9. The van der Waals surface area contributed by atoms with E-state index in [4.69, 9.17) is 9.47 Å². The summed E-state index contributed by atoms with van der Waals surface area (Å²) in [4.78, 5) is 57.4. The molecule has 0 saturated carbocycles. The Hall–Kier alpha value is -4.25. The maximum absolute atomic E-state index is 13.2. The van der Waals surface area contributed by atoms with Crippen LogP contribution in [0.5, 0.6) is 0 Å². The molecule has 3 aromatic rings. The van der Waals surface area contributed by atoms with E-state index >= 15 is 0 Å². The van der Waals surface area contributed by atoms with Crippen LogP contribution in [0.15, 0.2) is 66.9 Å². The van der Waals surface area contributed by atoms with Gasteiger partial charge in [-0.15, -0.1) is 11.3 Å². The Morgan fingerprint density at radius 3 is 2.35 bits per heavy atom. The van der Waals surface area contributed by atoms with Crippen molar-refractivity contribution < 1.29 is 28.7 Å². The summed E-state index contributed by atoms with van der Waals surface area (Å²) in [6.07, 6.45) is 1.03. The van der Waals surface area contributed by atoms with Crippen molar-refractivity contribution in [1.29, 1.82) is 0 Å². The Labute approximate surface area is 236 Å². The van der Waals surface area contributed by atoms with E-state index in [0.29, 0.717) is 10.0 Å². The Balaban J connectivity index is 1.46. The lowest BCUT2D eigenvalue weighted by Gasteiger charge is -2.43. The zero-order valence-corrected chi connectivity index (χ0v) is 23.6. The van der Waals surface area contributed by atoms with Crippen LogP contribution in [0.4, 0.5) is 14.7 Å². The highest BCUT2D eigenvalue weighted by molar-refractivity contribution is 7.15. The average Bonchev–Trinajstić information content (AvgIpc) is 3.35. The topological polar surface area (TPSA) is 127 Å². The summed E-state index contributed by atoms with van der Waals surface area (Å²) in [5.41, 5.74) is 0.975. The standard InChI is InChI=1S/C29H32N4O6S/c1-18(20-13-9-6-10-14-20)31-27(36)33-23(25(35)38-17-19-11-7-5-8-12-19)22(24(33)34)15-21-16-30-26(40-21)32-28(37)39-29(2,3)4/h5-14,16,18,22-23H,15,17H2,1-4H3,(H,31,36)(H,30,32,37)/t18-,22-,23+/m1/s1. The second kappa shape index (κ2) is 12.3. The minimum atomic E-state index is -1.11. The molecule has 0 unspecified atom stereocenters. The van der Waals surface area contributed by atoms with E-state index in [2.05, 4.69) is 15.6 Å². The monoisotopic (exact) mass is 564 g/mol. The molecule has 0 aliphatic carbocycles. The lowest BCUT2D eigenvalue weighted by Crippen LogP contribution is -2.69. The third-order valence-corrected chi connectivity index (χ3v) is 7.06. The summed E-state index contributed by atoms with van der Waals surface area (Å²) in [5, 5.41) is 5.67. The van der Waals surface area contributed by atoms with Crippen molar-refractivity contribution in [3.63, 3.8) is 0 Å². The fraction of sp³-hybridized carbons (Fsp3) is 0.345. The van der Waals surface area contributed by atoms with Crippen molar-refractivity contribution in [3.05, 3.63) is 82.9 Å². The van der Waals surface area contributed by atoms with Crippen LogP contribution < -0.4 is 10.6 Å². The number of benzene rings is 2. The number of anilines is 1. The molecule has 3 atom stereocenters. The van der Waals surface area contributed by atoms with Gasteiger partial charge in [-0.05, 0) is 45.2 Å². The molecule has 10 nitrogen and oxygen atoms in total. The predicted octanol–water partition coefficient (Wildman–Crippen LogP) is 5.07. The van der Waals surface area contributed by atoms with Gasteiger partial charge in [0.15, 0.2) is 11.2 Å². The molecule has 0 spiro atoms. The second-order valence-corrected chi connectivity index (χ2v) is 11.5. The number of imide groups is 1. The van der Waals surface area contributed by atoms with Crippen LogP contribution in [-0.4, -0.2) is 45.5 Å². The predicted molar refractivity (Wildman–Crippen MR) is 149 cm³/mol. The van der Waals surface area contributed by atoms with Crippen molar-refractivity contribution in [2.45, 2.75) is 58.4 Å². The number of ether oxygens (including phenoxy) is 2. The highest BCUT2D eigenvalue weighted by atomic mass is 32.1. The van der Waals surface area contributed by atoms with Gasteiger partial charge in [0.2, 0.25) is 5.91 Å². The van der Waals surface area contributed by atoms with Gasteiger partial charge in [-0.1, -0.05) is 60.7 Å². The van der Waals surface area contributed by atoms with Crippen LogP contribution >= 0.6 is 11.3 Å². The van der Waals surface area contributed by atoms with Crippen LogP contribution in [-0.2, 0) is 32.1 Å². The molecule has 2 heterocycles. The molecular formula is C29H32N4O6S. The van der Waals surface area contributed by atoms with Gasteiger partial charge < -0.3 is 14.8 Å². The Bertz CT molecular complexity index is 1360. The molecule has 0 radical (unpaired) electrons. The molecular weight excluding hydrogens is 532 g/mol. The van der Waals surface area contributed by atoms with Gasteiger partial charge in [-0.25, -0.2) is 24.3 Å². The van der Waals surface area contributed by atoms with E-state index < -0.39 is 41.6 Å². The molecule has 2 N–H and O–H groups in total. The normalized spacial score (nSPS) is 17.4. The molecule has 4 rings (SSSR count). The summed E-state index contributed by atoms with van der Waals surface area (Å²) in [6.45, 7) is 7.07. The van der Waals surface area contributed by atoms with Crippen molar-refractivity contribution in [2.75, 3.05) is 5.32 Å². The Morgan fingerprint density at radius 2 is 1.70 bits per heavy atom. The van der Waals surface area contributed by atoms with Gasteiger partial charge in [0.05, 0.1) is 12.0 Å². The number of likely N-dealkylation sites (tertiary alicyclic amines) is 1. The molecule has 1 fully saturated rings. The number of β-lactam (4-membered cyclic amide) rings is 1. The summed E-state index contributed by atoms with van der Waals surface area (Å²) < 4.78 is 10.8. The van der Waals surface area contributed by atoms with Crippen molar-refractivity contribution in [3.8, 4) is 0 Å². The first-order chi connectivity index (χ1) is 19.0. The van der Waals surface area contributed by atoms with Crippen molar-refractivity contribution >= 4 is 40.5 Å². The van der Waals surface area contributed by atoms with E-state index in [9.17, 15) is 19.2 Å². The molecule has 1 aromatic heterocycles. The highest BCUT2D eigenvalue weighted by Gasteiger charge is 2.55. The van der Waals surface area contributed by atoms with Crippen molar-refractivity contribution in [2.24, 2.45) is 5.92 Å². The third-order valence-electron chi connectivity index (χ3n) is 6.12. The number of rotatable bonds is 8. The molecule has 4 amide bonds. The van der Waals surface area contributed by atoms with E-state index in [0.717, 1.165) is 27.4 Å². The zero-order valence-electron chi connectivity index (χ0n) is 22.7. The molecule has 1 aliphatic heterocycles. The lowest BCUT2D eigenvalue weighted by molar-refractivity contribution is -0.170. The van der Waals surface area contributed by atoms with E-state index in [1.165, 1.54) is 6.20 Å². The number of carbonyl (C=O) groups excluding carboxylic acids is 4. The van der Waals surface area contributed by atoms with Gasteiger partial charge in [-0.2, -0.15) is 0 Å². The van der Waals surface area contributed by atoms with E-state index in [1.54, 1.807) is 27.7 Å². The SMILES string of the molecule is C[C@@H](NC(=O)N1C(=O)[C@H](Cc2cnc(NC(=O)OC(C)(C)C)s2)[C@H]1C(=O)OCc1ccccc1)c1ccccc1. The van der Waals surface area contributed by atoms with Gasteiger partial charge in [0.25, 0.3) is 0 Å². The fourth-order valence-electron chi connectivity index (χ4n) is 4.20. The first-order valence-corrected chi connectivity index (χ1v) is 13.7. The summed E-state index contributed by atoms with van der Waals surface area (Å²) in [6, 6.07) is 16.3. The van der Waals surface area contributed by atoms with Crippen LogP contribution in [0.25, 0.3) is 0 Å². The van der Waals surface area contributed by atoms with Gasteiger partial charge in [0, 0.05) is 11.1 Å². The highest BCUT2D eigenvalue weighted by Crippen LogP contribution is 2.34. The number of urea groups is 1. The summed E-state index contributed by atoms with van der Waals surface area (Å²) >= 11 is 1.16. The third kappa shape index (κ3) is 7.23. The Kier molecular flexibility index (Phi) is 8.83. The lowest BCUT2D eigenvalue weighted by atomic mass is 9.84. The molecule has 11 heteroatoms. The molecule has 40 heavy (non-hydrogen) atoms. The number of nitrogens with zero attached hydrogens (tertiary/aromatic N) is 2. The number of hydrogen-bond donors (Lipinski definition) is 2. The minimum Gasteiger partial charge on any atom is -0.459 e.